The molecule has 2 aromatic rings. The largest absolute Gasteiger partial charge is 0.464 e. The number of carbonyl (C=O) groups is 2. The summed E-state index contributed by atoms with van der Waals surface area (Å²) in [4.78, 5) is 25.8. The summed E-state index contributed by atoms with van der Waals surface area (Å²) in [5.74, 6) is 3.12. The number of imide groups is 1. The van der Waals surface area contributed by atoms with Gasteiger partial charge >= 0.3 is 0 Å². The summed E-state index contributed by atoms with van der Waals surface area (Å²) in [6.07, 6.45) is 8.75. The van der Waals surface area contributed by atoms with E-state index in [4.69, 9.17) is 4.42 Å². The Balaban J connectivity index is 1.18. The predicted molar refractivity (Wildman–Crippen MR) is 127 cm³/mol. The molecule has 0 saturated carbocycles. The average molecular weight is 471 g/mol. The van der Waals surface area contributed by atoms with Crippen LogP contribution in [-0.4, -0.2) is 42.3 Å². The lowest BCUT2D eigenvalue weighted by Crippen LogP contribution is -2.39. The van der Waals surface area contributed by atoms with Crippen molar-refractivity contribution >= 4 is 22.8 Å². The quantitative estimate of drug-likeness (QED) is 0.320. The van der Waals surface area contributed by atoms with Crippen molar-refractivity contribution < 1.29 is 22.8 Å². The fourth-order valence-corrected chi connectivity index (χ4v) is 4.73. The van der Waals surface area contributed by atoms with Crippen LogP contribution in [0.15, 0.2) is 28.9 Å². The predicted octanol–water partition coefficient (Wildman–Crippen LogP) is 5.38. The summed E-state index contributed by atoms with van der Waals surface area (Å²) in [6, 6.07) is 5.75. The Kier molecular flexibility index (Phi) is 7.99. The van der Waals surface area contributed by atoms with E-state index >= 15 is 0 Å². The van der Waals surface area contributed by atoms with Crippen molar-refractivity contribution in [1.82, 2.24) is 10.2 Å². The van der Waals surface area contributed by atoms with Crippen molar-refractivity contribution in [2.24, 2.45) is 0 Å². The molecule has 34 heavy (non-hydrogen) atoms. The van der Waals surface area contributed by atoms with Crippen LogP contribution < -0.4 is 5.32 Å². The first-order valence-electron chi connectivity index (χ1n) is 12.4. The van der Waals surface area contributed by atoms with E-state index in [-0.39, 0.29) is 30.6 Å². The molecule has 0 bridgehead atoms. The lowest BCUT2D eigenvalue weighted by molar-refractivity contribution is -0.134. The van der Waals surface area contributed by atoms with Crippen LogP contribution >= 0.6 is 0 Å². The number of hydrogen-bond acceptors (Lipinski definition) is 4. The lowest BCUT2D eigenvalue weighted by atomic mass is 9.90. The van der Waals surface area contributed by atoms with Crippen LogP contribution in [0.5, 0.6) is 0 Å². The van der Waals surface area contributed by atoms with Gasteiger partial charge in [-0.25, -0.2) is 8.78 Å². The van der Waals surface area contributed by atoms with Crippen molar-refractivity contribution in [3.8, 4) is 11.8 Å². The van der Waals surface area contributed by atoms with E-state index < -0.39 is 5.92 Å². The van der Waals surface area contributed by atoms with Gasteiger partial charge in [-0.05, 0) is 44.0 Å². The van der Waals surface area contributed by atoms with Gasteiger partial charge in [-0.2, -0.15) is 0 Å². The third-order valence-electron chi connectivity index (χ3n) is 6.81. The number of carbonyl (C=O) groups excluding carboxylic acids is 2. The number of hydrogen-bond donors (Lipinski definition) is 1. The maximum atomic E-state index is 13.2. The molecule has 1 atom stereocenters. The third kappa shape index (κ3) is 6.44. The van der Waals surface area contributed by atoms with E-state index in [0.29, 0.717) is 31.5 Å². The van der Waals surface area contributed by atoms with Gasteiger partial charge in [0, 0.05) is 55.3 Å². The van der Waals surface area contributed by atoms with Crippen molar-refractivity contribution in [2.45, 2.75) is 76.0 Å². The zero-order chi connectivity index (χ0) is 24.0. The smallest absolute Gasteiger partial charge is 0.250 e. The first kappa shape index (κ1) is 24.4. The van der Waals surface area contributed by atoms with E-state index in [1.165, 1.54) is 0 Å². The number of fused-ring (bicyclic) bond motifs is 1. The van der Waals surface area contributed by atoms with Gasteiger partial charge in [-0.3, -0.25) is 14.9 Å². The topological polar surface area (TPSA) is 62.6 Å². The highest BCUT2D eigenvalue weighted by Gasteiger charge is 2.33. The highest BCUT2D eigenvalue weighted by Crippen LogP contribution is 2.33. The second kappa shape index (κ2) is 11.1. The zero-order valence-corrected chi connectivity index (χ0v) is 19.5. The standard InChI is InChI=1S/C27H32F2N2O3/c28-27(29)13-16-31(17-14-27)15-7-5-3-1-2-4-6-8-20-9-11-24-22(18-20)23(19-34-24)21-10-12-25(32)30-26(21)33/h9,11,18-19,21H,1-5,7,10,12-17H2,(H,30,32,33). The summed E-state index contributed by atoms with van der Waals surface area (Å²) < 4.78 is 32.0. The number of benzene rings is 1. The van der Waals surface area contributed by atoms with Crippen LogP contribution in [0.3, 0.4) is 0 Å². The fraction of sp³-hybridized carbons (Fsp3) is 0.556. The van der Waals surface area contributed by atoms with Gasteiger partial charge in [0.15, 0.2) is 0 Å². The number of piperidine rings is 2. The number of likely N-dealkylation sites (tertiary alicyclic amines) is 1. The molecule has 1 unspecified atom stereocenters. The van der Waals surface area contributed by atoms with Crippen molar-refractivity contribution in [3.63, 3.8) is 0 Å². The summed E-state index contributed by atoms with van der Waals surface area (Å²) in [7, 11) is 0. The number of nitrogens with one attached hydrogen (secondary N) is 1. The molecule has 2 fully saturated rings. The minimum Gasteiger partial charge on any atom is -0.464 e. The molecule has 1 N–H and O–H groups in total. The molecule has 2 saturated heterocycles. The molecule has 0 aliphatic carbocycles. The first-order valence-corrected chi connectivity index (χ1v) is 12.4. The monoisotopic (exact) mass is 470 g/mol. The second-order valence-electron chi connectivity index (χ2n) is 9.42. The van der Waals surface area contributed by atoms with Gasteiger partial charge in [-0.1, -0.05) is 31.1 Å². The van der Waals surface area contributed by atoms with E-state index in [2.05, 4.69) is 22.1 Å². The van der Waals surface area contributed by atoms with Crippen LogP contribution in [-0.2, 0) is 9.59 Å². The molecule has 4 rings (SSSR count). The highest BCUT2D eigenvalue weighted by atomic mass is 19.3. The first-order chi connectivity index (χ1) is 16.4. The number of amides is 2. The van der Waals surface area contributed by atoms with Crippen LogP contribution in [0.25, 0.3) is 11.0 Å². The van der Waals surface area contributed by atoms with E-state index in [0.717, 1.165) is 61.6 Å². The second-order valence-corrected chi connectivity index (χ2v) is 9.42. The molecule has 2 amide bonds. The minimum absolute atomic E-state index is 0.00254. The van der Waals surface area contributed by atoms with E-state index in [9.17, 15) is 18.4 Å². The molecule has 5 nitrogen and oxygen atoms in total. The molecule has 3 heterocycles. The Bertz CT molecular complexity index is 1070. The maximum absolute atomic E-state index is 13.2. The number of alkyl halides is 2. The summed E-state index contributed by atoms with van der Waals surface area (Å²) in [6.45, 7) is 1.96. The number of nitrogens with zero attached hydrogens (tertiary/aromatic N) is 1. The van der Waals surface area contributed by atoms with Crippen molar-refractivity contribution in [2.75, 3.05) is 19.6 Å². The molecule has 0 radical (unpaired) electrons. The maximum Gasteiger partial charge on any atom is 0.250 e. The molecule has 7 heteroatoms. The summed E-state index contributed by atoms with van der Waals surface area (Å²) in [5, 5.41) is 3.28. The molecular formula is C27H32F2N2O3. The van der Waals surface area contributed by atoms with E-state index in [1.807, 2.05) is 18.2 Å². The fourth-order valence-electron chi connectivity index (χ4n) is 4.73. The van der Waals surface area contributed by atoms with Gasteiger partial charge in [0.25, 0.3) is 5.92 Å². The Labute approximate surface area is 199 Å². The average Bonchev–Trinajstić information content (AvgIpc) is 3.22. The van der Waals surface area contributed by atoms with Crippen LogP contribution in [0.2, 0.25) is 0 Å². The molecule has 2 aliphatic heterocycles. The van der Waals surface area contributed by atoms with Crippen LogP contribution in [0.1, 0.15) is 81.3 Å². The third-order valence-corrected chi connectivity index (χ3v) is 6.81. The molecular weight excluding hydrogens is 438 g/mol. The van der Waals surface area contributed by atoms with Crippen LogP contribution in [0, 0.1) is 11.8 Å². The highest BCUT2D eigenvalue weighted by molar-refractivity contribution is 6.02. The summed E-state index contributed by atoms with van der Waals surface area (Å²) in [5.41, 5.74) is 2.40. The Morgan fingerprint density at radius 3 is 2.65 bits per heavy atom. The van der Waals surface area contributed by atoms with Gasteiger partial charge in [0.1, 0.15) is 5.58 Å². The molecule has 2 aliphatic rings. The lowest BCUT2D eigenvalue weighted by Gasteiger charge is -2.31. The van der Waals surface area contributed by atoms with Crippen LogP contribution in [0.4, 0.5) is 8.78 Å². The summed E-state index contributed by atoms with van der Waals surface area (Å²) >= 11 is 0. The molecule has 1 aromatic heterocycles. The SMILES string of the molecule is O=C1CCC(c2coc3ccc(C#CCCCCCCCN4CCC(F)(F)CC4)cc23)C(=O)N1. The number of unbranched alkanes of at least 4 members (excludes halogenated alkanes) is 5. The van der Waals surface area contributed by atoms with Crippen molar-refractivity contribution in [1.29, 1.82) is 0 Å². The Morgan fingerprint density at radius 2 is 1.85 bits per heavy atom. The zero-order valence-electron chi connectivity index (χ0n) is 19.5. The van der Waals surface area contributed by atoms with Gasteiger partial charge in [0.05, 0.1) is 12.2 Å². The number of rotatable bonds is 8. The van der Waals surface area contributed by atoms with Gasteiger partial charge in [-0.15, -0.1) is 0 Å². The van der Waals surface area contributed by atoms with E-state index in [1.54, 1.807) is 6.26 Å². The number of halogens is 2. The Morgan fingerprint density at radius 1 is 1.09 bits per heavy atom. The van der Waals surface area contributed by atoms with Gasteiger partial charge < -0.3 is 9.32 Å². The molecule has 182 valence electrons. The normalized spacial score (nSPS) is 20.7. The van der Waals surface area contributed by atoms with Crippen molar-refractivity contribution in [3.05, 3.63) is 35.6 Å². The minimum atomic E-state index is -2.46. The molecule has 0 spiro atoms. The Hall–Kier alpha value is -2.72. The number of furan rings is 1. The van der Waals surface area contributed by atoms with Gasteiger partial charge in [0.2, 0.25) is 11.8 Å². The molecule has 1 aromatic carbocycles.